The van der Waals surface area contributed by atoms with Crippen LogP contribution >= 0.6 is 0 Å². The van der Waals surface area contributed by atoms with Gasteiger partial charge in [-0.2, -0.15) is 0 Å². The second kappa shape index (κ2) is 8.48. The number of ether oxygens (including phenoxy) is 1. The molecule has 0 radical (unpaired) electrons. The van der Waals surface area contributed by atoms with E-state index >= 15 is 0 Å². The maximum absolute atomic E-state index is 13.5. The summed E-state index contributed by atoms with van der Waals surface area (Å²) in [5.41, 5.74) is 4.73. The molecule has 0 fully saturated rings. The molecule has 5 heteroatoms. The molecule has 1 aliphatic heterocycles. The molecule has 0 atom stereocenters. The third-order valence-electron chi connectivity index (χ3n) is 5.31. The van der Waals surface area contributed by atoms with Crippen molar-refractivity contribution in [3.05, 3.63) is 95.2 Å². The van der Waals surface area contributed by atoms with Crippen molar-refractivity contribution in [2.75, 3.05) is 16.8 Å². The highest BCUT2D eigenvalue weighted by molar-refractivity contribution is 6.46. The quantitative estimate of drug-likeness (QED) is 0.573. The van der Waals surface area contributed by atoms with Crippen LogP contribution in [0.3, 0.4) is 0 Å². The Morgan fingerprint density at radius 3 is 2.32 bits per heavy atom. The van der Waals surface area contributed by atoms with Crippen molar-refractivity contribution in [2.24, 2.45) is 0 Å². The van der Waals surface area contributed by atoms with Gasteiger partial charge < -0.3 is 10.1 Å². The van der Waals surface area contributed by atoms with Crippen LogP contribution in [0.5, 0.6) is 5.75 Å². The summed E-state index contributed by atoms with van der Waals surface area (Å²) in [5, 5.41) is 3.19. The highest BCUT2D eigenvalue weighted by Gasteiger charge is 2.40. The van der Waals surface area contributed by atoms with Gasteiger partial charge in [-0.3, -0.25) is 9.59 Å². The van der Waals surface area contributed by atoms with Crippen LogP contribution in [0.1, 0.15) is 23.6 Å². The minimum Gasteiger partial charge on any atom is -0.494 e. The van der Waals surface area contributed by atoms with E-state index in [0.29, 0.717) is 34.9 Å². The van der Waals surface area contributed by atoms with E-state index in [-0.39, 0.29) is 17.5 Å². The first-order valence-corrected chi connectivity index (χ1v) is 10.2. The summed E-state index contributed by atoms with van der Waals surface area (Å²) >= 11 is 0. The summed E-state index contributed by atoms with van der Waals surface area (Å²) in [6.45, 7) is 6.47. The largest absolute Gasteiger partial charge is 0.494 e. The third-order valence-corrected chi connectivity index (χ3v) is 5.31. The second-order valence-corrected chi connectivity index (χ2v) is 7.42. The van der Waals surface area contributed by atoms with E-state index in [1.54, 1.807) is 12.1 Å². The first kappa shape index (κ1) is 20.4. The molecular formula is C26H24N2O3. The Morgan fingerprint density at radius 1 is 0.839 bits per heavy atom. The molecule has 0 spiro atoms. The lowest BCUT2D eigenvalue weighted by atomic mass is 9.99. The van der Waals surface area contributed by atoms with Gasteiger partial charge in [-0.1, -0.05) is 42.5 Å². The fraction of sp³-hybridized carbons (Fsp3) is 0.154. The number of hydrogen-bond donors (Lipinski definition) is 1. The molecule has 31 heavy (non-hydrogen) atoms. The van der Waals surface area contributed by atoms with Gasteiger partial charge in [0.15, 0.2) is 0 Å². The maximum Gasteiger partial charge on any atom is 0.282 e. The molecule has 0 saturated carbocycles. The van der Waals surface area contributed by atoms with Crippen LogP contribution in [-0.4, -0.2) is 18.4 Å². The molecule has 0 aromatic heterocycles. The smallest absolute Gasteiger partial charge is 0.282 e. The van der Waals surface area contributed by atoms with Crippen molar-refractivity contribution < 1.29 is 14.3 Å². The number of imide groups is 1. The van der Waals surface area contributed by atoms with Crippen LogP contribution in [0.4, 0.5) is 11.4 Å². The monoisotopic (exact) mass is 412 g/mol. The van der Waals surface area contributed by atoms with E-state index in [9.17, 15) is 9.59 Å². The number of carbonyl (C=O) groups excluding carboxylic acids is 2. The molecule has 3 aromatic rings. The van der Waals surface area contributed by atoms with Gasteiger partial charge in [0.1, 0.15) is 11.4 Å². The molecule has 2 amide bonds. The second-order valence-electron chi connectivity index (χ2n) is 7.42. The lowest BCUT2D eigenvalue weighted by molar-refractivity contribution is -0.120. The zero-order valence-electron chi connectivity index (χ0n) is 17.8. The number of nitrogens with one attached hydrogen (secondary N) is 1. The van der Waals surface area contributed by atoms with Gasteiger partial charge in [0.05, 0.1) is 17.9 Å². The van der Waals surface area contributed by atoms with Crippen molar-refractivity contribution in [1.29, 1.82) is 0 Å². The first-order chi connectivity index (χ1) is 15.0. The Labute approximate surface area is 182 Å². The van der Waals surface area contributed by atoms with Crippen molar-refractivity contribution in [3.8, 4) is 5.75 Å². The van der Waals surface area contributed by atoms with Crippen molar-refractivity contribution in [2.45, 2.75) is 20.8 Å². The normalized spacial score (nSPS) is 13.7. The Bertz CT molecular complexity index is 1180. The fourth-order valence-electron chi connectivity index (χ4n) is 3.60. The number of carbonyl (C=O) groups is 2. The van der Waals surface area contributed by atoms with Gasteiger partial charge in [-0.25, -0.2) is 4.90 Å². The minimum absolute atomic E-state index is 0.255. The first-order valence-electron chi connectivity index (χ1n) is 10.2. The number of anilines is 2. The molecule has 0 aliphatic carbocycles. The van der Waals surface area contributed by atoms with Crippen LogP contribution in [0.2, 0.25) is 0 Å². The Hall–Kier alpha value is -3.86. The van der Waals surface area contributed by atoms with Crippen LogP contribution in [0, 0.1) is 13.8 Å². The van der Waals surface area contributed by atoms with Gasteiger partial charge in [-0.15, -0.1) is 0 Å². The topological polar surface area (TPSA) is 58.6 Å². The summed E-state index contributed by atoms with van der Waals surface area (Å²) in [5.74, 6) is -0.0355. The van der Waals surface area contributed by atoms with Crippen LogP contribution < -0.4 is 15.0 Å². The standard InChI is InChI=1S/C26H24N2O3/c1-4-31-22-12-8-9-20(16-22)27-24-23(19-14-13-17(2)18(3)15-19)25(29)28(26(24)30)21-10-6-5-7-11-21/h5-16,27H,4H2,1-3H3. The fourth-order valence-corrected chi connectivity index (χ4v) is 3.60. The molecule has 0 saturated heterocycles. The van der Waals surface area contributed by atoms with Crippen LogP contribution in [0.25, 0.3) is 5.57 Å². The van der Waals surface area contributed by atoms with E-state index < -0.39 is 0 Å². The van der Waals surface area contributed by atoms with Crippen molar-refractivity contribution in [3.63, 3.8) is 0 Å². The van der Waals surface area contributed by atoms with Gasteiger partial charge in [0, 0.05) is 11.8 Å². The van der Waals surface area contributed by atoms with Gasteiger partial charge in [0.25, 0.3) is 11.8 Å². The van der Waals surface area contributed by atoms with Gasteiger partial charge >= 0.3 is 0 Å². The summed E-state index contributed by atoms with van der Waals surface area (Å²) in [6.07, 6.45) is 0. The molecule has 5 nitrogen and oxygen atoms in total. The minimum atomic E-state index is -0.383. The molecule has 4 rings (SSSR count). The van der Waals surface area contributed by atoms with Crippen molar-refractivity contribution in [1.82, 2.24) is 0 Å². The number of rotatable bonds is 6. The molecule has 3 aromatic carbocycles. The molecule has 1 heterocycles. The molecule has 156 valence electrons. The molecule has 1 aliphatic rings. The molecule has 1 N–H and O–H groups in total. The number of benzene rings is 3. The highest BCUT2D eigenvalue weighted by atomic mass is 16.5. The number of aryl methyl sites for hydroxylation is 2. The molecular weight excluding hydrogens is 388 g/mol. The van der Waals surface area contributed by atoms with Crippen LogP contribution in [0.15, 0.2) is 78.5 Å². The number of amides is 2. The Kier molecular flexibility index (Phi) is 5.58. The predicted molar refractivity (Wildman–Crippen MR) is 123 cm³/mol. The van der Waals surface area contributed by atoms with E-state index in [4.69, 9.17) is 4.74 Å². The SMILES string of the molecule is CCOc1cccc(NC2=C(c3ccc(C)c(C)c3)C(=O)N(c3ccccc3)C2=O)c1. The number of nitrogens with zero attached hydrogens (tertiary/aromatic N) is 1. The van der Waals surface area contributed by atoms with Gasteiger partial charge in [-0.05, 0) is 61.7 Å². The number of hydrogen-bond acceptors (Lipinski definition) is 4. The average Bonchev–Trinajstić information content (AvgIpc) is 3.01. The highest BCUT2D eigenvalue weighted by Crippen LogP contribution is 2.34. The Balaban J connectivity index is 1.81. The lowest BCUT2D eigenvalue weighted by Crippen LogP contribution is -2.32. The van der Waals surface area contributed by atoms with Gasteiger partial charge in [0.2, 0.25) is 0 Å². The van der Waals surface area contributed by atoms with E-state index in [0.717, 1.165) is 11.1 Å². The summed E-state index contributed by atoms with van der Waals surface area (Å²) in [4.78, 5) is 28.1. The maximum atomic E-state index is 13.5. The van der Waals surface area contributed by atoms with E-state index in [1.165, 1.54) is 4.90 Å². The molecule has 0 bridgehead atoms. The van der Waals surface area contributed by atoms with E-state index in [2.05, 4.69) is 5.32 Å². The lowest BCUT2D eigenvalue weighted by Gasteiger charge is -2.15. The van der Waals surface area contributed by atoms with Crippen LogP contribution in [-0.2, 0) is 9.59 Å². The predicted octanol–water partition coefficient (Wildman–Crippen LogP) is 5.10. The summed E-state index contributed by atoms with van der Waals surface area (Å²) in [7, 11) is 0. The average molecular weight is 412 g/mol. The zero-order valence-corrected chi connectivity index (χ0v) is 17.8. The van der Waals surface area contributed by atoms with Crippen molar-refractivity contribution >= 4 is 28.8 Å². The Morgan fingerprint density at radius 2 is 1.61 bits per heavy atom. The van der Waals surface area contributed by atoms with E-state index in [1.807, 2.05) is 81.4 Å². The summed E-state index contributed by atoms with van der Waals surface area (Å²) in [6, 6.07) is 22.1. The summed E-state index contributed by atoms with van der Waals surface area (Å²) < 4.78 is 5.57. The third kappa shape index (κ3) is 3.94. The molecule has 0 unspecified atom stereocenters. The zero-order chi connectivity index (χ0) is 22.0. The number of para-hydroxylation sites is 1.